The fraction of sp³-hybridized carbons (Fsp3) is 0.480. The third-order valence-corrected chi connectivity index (χ3v) is 6.54. The first-order valence-corrected chi connectivity index (χ1v) is 11.4. The molecule has 0 bridgehead atoms. The second kappa shape index (κ2) is 10.1. The van der Waals surface area contributed by atoms with Crippen LogP contribution < -0.4 is 25.0 Å². The summed E-state index contributed by atoms with van der Waals surface area (Å²) in [7, 11) is 5.32. The second-order valence-corrected chi connectivity index (χ2v) is 8.58. The van der Waals surface area contributed by atoms with Crippen LogP contribution in [0.25, 0.3) is 0 Å². The summed E-state index contributed by atoms with van der Waals surface area (Å²) >= 11 is 0. The topological polar surface area (TPSA) is 66.1 Å². The minimum atomic E-state index is -0.222. The van der Waals surface area contributed by atoms with E-state index in [2.05, 4.69) is 45.7 Å². The number of carbonyl (C=O) groups excluding carboxylic acids is 1. The van der Waals surface area contributed by atoms with Gasteiger partial charge in [0, 0.05) is 37.6 Å². The minimum absolute atomic E-state index is 0.169. The van der Waals surface area contributed by atoms with Crippen molar-refractivity contribution in [3.63, 3.8) is 0 Å². The molecule has 2 N–H and O–H groups in total. The summed E-state index contributed by atoms with van der Waals surface area (Å²) in [5, 5.41) is 6.01. The number of hydrogen-bond donors (Lipinski definition) is 2. The standard InChI is InChI=1S/C25H34N4O3/c1-28-14-11-19-15-18(7-9-21(19)28)22(29-12-5-4-6-13-29)17-26-25(30)27-20-8-10-23(31-2)24(16-20)32-3/h7-10,15-16,22H,4-6,11-14,17H2,1-3H3,(H2,26,27,30). The van der Waals surface area contributed by atoms with Crippen molar-refractivity contribution in [1.82, 2.24) is 10.2 Å². The van der Waals surface area contributed by atoms with Crippen LogP contribution in [-0.4, -0.2) is 58.4 Å². The van der Waals surface area contributed by atoms with E-state index in [9.17, 15) is 4.79 Å². The van der Waals surface area contributed by atoms with Crippen LogP contribution in [0.15, 0.2) is 36.4 Å². The number of piperidine rings is 1. The van der Waals surface area contributed by atoms with Gasteiger partial charge in [-0.25, -0.2) is 4.79 Å². The van der Waals surface area contributed by atoms with Gasteiger partial charge in [0.1, 0.15) is 0 Å². The predicted molar refractivity (Wildman–Crippen MR) is 128 cm³/mol. The lowest BCUT2D eigenvalue weighted by Gasteiger charge is -2.35. The smallest absolute Gasteiger partial charge is 0.319 e. The summed E-state index contributed by atoms with van der Waals surface area (Å²) in [5.41, 5.74) is 4.68. The average molecular weight is 439 g/mol. The van der Waals surface area contributed by atoms with Crippen molar-refractivity contribution in [2.75, 3.05) is 57.7 Å². The maximum atomic E-state index is 12.7. The van der Waals surface area contributed by atoms with Crippen LogP contribution in [0.4, 0.5) is 16.2 Å². The highest BCUT2D eigenvalue weighted by atomic mass is 16.5. The van der Waals surface area contributed by atoms with E-state index >= 15 is 0 Å². The number of likely N-dealkylation sites (N-methyl/N-ethyl adjacent to an activating group) is 1. The Kier molecular flexibility index (Phi) is 7.05. The molecule has 1 saturated heterocycles. The molecule has 2 aromatic carbocycles. The number of likely N-dealkylation sites (tertiary alicyclic amines) is 1. The highest BCUT2D eigenvalue weighted by Gasteiger charge is 2.25. The lowest BCUT2D eigenvalue weighted by atomic mass is 9.98. The van der Waals surface area contributed by atoms with Crippen molar-refractivity contribution in [1.29, 1.82) is 0 Å². The van der Waals surface area contributed by atoms with E-state index in [0.29, 0.717) is 23.7 Å². The number of nitrogens with zero attached hydrogens (tertiary/aromatic N) is 2. The number of urea groups is 1. The van der Waals surface area contributed by atoms with E-state index in [0.717, 1.165) is 26.1 Å². The average Bonchev–Trinajstić information content (AvgIpc) is 3.20. The zero-order valence-electron chi connectivity index (χ0n) is 19.3. The Hall–Kier alpha value is -2.93. The molecule has 2 heterocycles. The maximum absolute atomic E-state index is 12.7. The Morgan fingerprint density at radius 1 is 1.00 bits per heavy atom. The first-order valence-electron chi connectivity index (χ1n) is 11.4. The maximum Gasteiger partial charge on any atom is 0.319 e. The number of anilines is 2. The number of benzene rings is 2. The van der Waals surface area contributed by atoms with E-state index in [4.69, 9.17) is 9.47 Å². The molecule has 0 radical (unpaired) electrons. The molecule has 0 aromatic heterocycles. The summed E-state index contributed by atoms with van der Waals surface area (Å²) in [6, 6.07) is 12.1. The SMILES string of the molecule is COc1ccc(NC(=O)NCC(c2ccc3c(c2)CCN3C)N2CCCCC2)cc1OC. The van der Waals surface area contributed by atoms with Crippen LogP contribution in [0.2, 0.25) is 0 Å². The fourth-order valence-electron chi connectivity index (χ4n) is 4.76. The second-order valence-electron chi connectivity index (χ2n) is 8.58. The number of amides is 2. The molecule has 172 valence electrons. The molecule has 4 rings (SSSR count). The van der Waals surface area contributed by atoms with Crippen molar-refractivity contribution in [3.8, 4) is 11.5 Å². The van der Waals surface area contributed by atoms with Crippen molar-refractivity contribution >= 4 is 17.4 Å². The molecule has 1 unspecified atom stereocenters. The summed E-state index contributed by atoms with van der Waals surface area (Å²) in [4.78, 5) is 17.5. The zero-order valence-corrected chi connectivity index (χ0v) is 19.3. The van der Waals surface area contributed by atoms with E-state index in [1.54, 1.807) is 32.4 Å². The van der Waals surface area contributed by atoms with Gasteiger partial charge in [-0.15, -0.1) is 0 Å². The molecule has 7 nitrogen and oxygen atoms in total. The molecule has 1 fully saturated rings. The molecule has 7 heteroatoms. The minimum Gasteiger partial charge on any atom is -0.493 e. The molecule has 0 spiro atoms. The first-order chi connectivity index (χ1) is 15.6. The van der Waals surface area contributed by atoms with Crippen LogP contribution in [0, 0.1) is 0 Å². The van der Waals surface area contributed by atoms with Crippen LogP contribution in [0.1, 0.15) is 36.4 Å². The zero-order chi connectivity index (χ0) is 22.5. The van der Waals surface area contributed by atoms with Gasteiger partial charge in [0.25, 0.3) is 0 Å². The third-order valence-electron chi connectivity index (χ3n) is 6.54. The Bertz CT molecular complexity index is 943. The largest absolute Gasteiger partial charge is 0.493 e. The molecule has 0 aliphatic carbocycles. The fourth-order valence-corrected chi connectivity index (χ4v) is 4.76. The Morgan fingerprint density at radius 3 is 2.53 bits per heavy atom. The number of rotatable bonds is 7. The molecular weight excluding hydrogens is 404 g/mol. The van der Waals surface area contributed by atoms with Crippen LogP contribution >= 0.6 is 0 Å². The van der Waals surface area contributed by atoms with Gasteiger partial charge in [0.15, 0.2) is 11.5 Å². The Balaban J connectivity index is 1.45. The lowest BCUT2D eigenvalue weighted by Crippen LogP contribution is -2.41. The molecule has 1 atom stereocenters. The van der Waals surface area contributed by atoms with Crippen molar-refractivity contribution in [3.05, 3.63) is 47.5 Å². The highest BCUT2D eigenvalue weighted by Crippen LogP contribution is 2.32. The van der Waals surface area contributed by atoms with E-state index in [1.165, 1.54) is 36.1 Å². The summed E-state index contributed by atoms with van der Waals surface area (Å²) in [6.45, 7) is 3.77. The number of fused-ring (bicyclic) bond motifs is 1. The van der Waals surface area contributed by atoms with Gasteiger partial charge in [-0.05, 0) is 61.7 Å². The van der Waals surface area contributed by atoms with Gasteiger partial charge in [-0.1, -0.05) is 18.6 Å². The van der Waals surface area contributed by atoms with Crippen molar-refractivity contribution in [2.45, 2.75) is 31.7 Å². The summed E-state index contributed by atoms with van der Waals surface area (Å²) in [5.74, 6) is 1.21. The van der Waals surface area contributed by atoms with Gasteiger partial charge in [0.05, 0.1) is 20.3 Å². The van der Waals surface area contributed by atoms with E-state index < -0.39 is 0 Å². The van der Waals surface area contributed by atoms with E-state index in [-0.39, 0.29) is 12.1 Å². The van der Waals surface area contributed by atoms with Crippen molar-refractivity contribution < 1.29 is 14.3 Å². The Labute approximate surface area is 190 Å². The van der Waals surface area contributed by atoms with Gasteiger partial charge in [-0.2, -0.15) is 0 Å². The van der Waals surface area contributed by atoms with E-state index in [1.807, 2.05) is 0 Å². The van der Waals surface area contributed by atoms with Gasteiger partial charge >= 0.3 is 6.03 Å². The monoisotopic (exact) mass is 438 g/mol. The van der Waals surface area contributed by atoms with Crippen LogP contribution in [-0.2, 0) is 6.42 Å². The predicted octanol–water partition coefficient (Wildman–Crippen LogP) is 4.04. The number of carbonyl (C=O) groups is 1. The molecular formula is C25H34N4O3. The van der Waals surface area contributed by atoms with Gasteiger partial charge in [-0.3, -0.25) is 4.90 Å². The number of hydrogen-bond acceptors (Lipinski definition) is 5. The third kappa shape index (κ3) is 4.93. The molecule has 32 heavy (non-hydrogen) atoms. The molecule has 2 aromatic rings. The number of nitrogens with one attached hydrogen (secondary N) is 2. The highest BCUT2D eigenvalue weighted by molar-refractivity contribution is 5.89. The number of ether oxygens (including phenoxy) is 2. The Morgan fingerprint density at radius 2 is 1.78 bits per heavy atom. The first kappa shape index (κ1) is 22.3. The quantitative estimate of drug-likeness (QED) is 0.683. The van der Waals surface area contributed by atoms with Crippen molar-refractivity contribution in [2.24, 2.45) is 0 Å². The molecule has 2 amide bonds. The number of methoxy groups -OCH3 is 2. The molecule has 2 aliphatic rings. The van der Waals surface area contributed by atoms with Crippen LogP contribution in [0.5, 0.6) is 11.5 Å². The summed E-state index contributed by atoms with van der Waals surface area (Å²) in [6.07, 6.45) is 4.79. The molecule has 2 aliphatic heterocycles. The van der Waals surface area contributed by atoms with Crippen LogP contribution in [0.3, 0.4) is 0 Å². The lowest BCUT2D eigenvalue weighted by molar-refractivity contribution is 0.161. The van der Waals surface area contributed by atoms with Gasteiger partial charge < -0.3 is 25.0 Å². The summed E-state index contributed by atoms with van der Waals surface area (Å²) < 4.78 is 10.6. The molecule has 0 saturated carbocycles. The normalized spacial score (nSPS) is 16.9. The van der Waals surface area contributed by atoms with Gasteiger partial charge in [0.2, 0.25) is 0 Å².